The van der Waals surface area contributed by atoms with Crippen molar-refractivity contribution >= 4 is 0 Å². The summed E-state index contributed by atoms with van der Waals surface area (Å²) < 4.78 is 10.3. The van der Waals surface area contributed by atoms with E-state index in [4.69, 9.17) is 8.94 Å². The number of furan rings is 1. The molecule has 0 amide bonds. The minimum Gasteiger partial charge on any atom is -0.459 e. The van der Waals surface area contributed by atoms with Gasteiger partial charge in [-0.25, -0.2) is 0 Å². The summed E-state index contributed by atoms with van der Waals surface area (Å²) in [6, 6.07) is 3.61. The summed E-state index contributed by atoms with van der Waals surface area (Å²) in [4.78, 5) is 4.32. The molecular weight excluding hydrogens is 194 g/mol. The fourth-order valence-electron chi connectivity index (χ4n) is 1.78. The number of hydrogen-bond acceptors (Lipinski definition) is 5. The van der Waals surface area contributed by atoms with Crippen molar-refractivity contribution in [3.8, 4) is 11.7 Å². The zero-order valence-electron chi connectivity index (χ0n) is 8.14. The lowest BCUT2D eigenvalue weighted by atomic mass is 10.1. The van der Waals surface area contributed by atoms with Crippen LogP contribution in [0.2, 0.25) is 0 Å². The second-order valence-corrected chi connectivity index (χ2v) is 3.62. The van der Waals surface area contributed by atoms with Crippen molar-refractivity contribution in [1.29, 1.82) is 0 Å². The van der Waals surface area contributed by atoms with Crippen LogP contribution in [-0.4, -0.2) is 23.2 Å². The lowest BCUT2D eigenvalue weighted by Gasteiger charge is -1.98. The molecule has 1 N–H and O–H groups in total. The average Bonchev–Trinajstić information content (AvgIpc) is 3.02. The first-order chi connectivity index (χ1) is 7.43. The van der Waals surface area contributed by atoms with Gasteiger partial charge in [-0.2, -0.15) is 4.98 Å². The Hall–Kier alpha value is -1.62. The Bertz CT molecular complexity index is 429. The molecule has 0 aliphatic carbocycles. The predicted octanol–water partition coefficient (Wildman–Crippen LogP) is 1.41. The van der Waals surface area contributed by atoms with Crippen LogP contribution in [0.5, 0.6) is 0 Å². The average molecular weight is 205 g/mol. The summed E-state index contributed by atoms with van der Waals surface area (Å²) in [5.74, 6) is 2.23. The molecule has 0 saturated carbocycles. The minimum absolute atomic E-state index is 0.373. The van der Waals surface area contributed by atoms with E-state index in [1.165, 1.54) is 0 Å². The number of rotatable bonds is 2. The van der Waals surface area contributed by atoms with Crippen molar-refractivity contribution in [1.82, 2.24) is 15.5 Å². The van der Waals surface area contributed by atoms with Gasteiger partial charge >= 0.3 is 0 Å². The molecule has 0 spiro atoms. The highest BCUT2D eigenvalue weighted by atomic mass is 16.5. The van der Waals surface area contributed by atoms with E-state index < -0.39 is 0 Å². The third kappa shape index (κ3) is 1.55. The van der Waals surface area contributed by atoms with Gasteiger partial charge in [-0.15, -0.1) is 0 Å². The van der Waals surface area contributed by atoms with Crippen molar-refractivity contribution in [2.24, 2.45) is 0 Å². The van der Waals surface area contributed by atoms with E-state index in [9.17, 15) is 0 Å². The van der Waals surface area contributed by atoms with Gasteiger partial charge in [0, 0.05) is 12.5 Å². The summed E-state index contributed by atoms with van der Waals surface area (Å²) in [7, 11) is 0. The molecule has 1 saturated heterocycles. The Balaban J connectivity index is 1.87. The maximum absolute atomic E-state index is 5.18. The molecule has 1 aliphatic heterocycles. The molecule has 5 heteroatoms. The van der Waals surface area contributed by atoms with Gasteiger partial charge in [0.15, 0.2) is 11.6 Å². The zero-order chi connectivity index (χ0) is 10.1. The topological polar surface area (TPSA) is 64.1 Å². The molecule has 3 heterocycles. The van der Waals surface area contributed by atoms with E-state index in [-0.39, 0.29) is 0 Å². The SMILES string of the molecule is c1coc(-c2nc(C3CCNC3)no2)c1. The molecule has 0 radical (unpaired) electrons. The first-order valence-electron chi connectivity index (χ1n) is 5.01. The van der Waals surface area contributed by atoms with Crippen molar-refractivity contribution in [2.75, 3.05) is 13.1 Å². The van der Waals surface area contributed by atoms with Crippen LogP contribution in [0.15, 0.2) is 27.3 Å². The number of nitrogens with zero attached hydrogens (tertiary/aromatic N) is 2. The fourth-order valence-corrected chi connectivity index (χ4v) is 1.78. The third-order valence-corrected chi connectivity index (χ3v) is 2.60. The van der Waals surface area contributed by atoms with Crippen molar-refractivity contribution in [3.63, 3.8) is 0 Å². The van der Waals surface area contributed by atoms with Crippen LogP contribution in [-0.2, 0) is 0 Å². The van der Waals surface area contributed by atoms with Gasteiger partial charge in [-0.05, 0) is 25.1 Å². The van der Waals surface area contributed by atoms with E-state index in [1.807, 2.05) is 6.07 Å². The molecule has 5 nitrogen and oxygen atoms in total. The van der Waals surface area contributed by atoms with Gasteiger partial charge in [-0.3, -0.25) is 0 Å². The van der Waals surface area contributed by atoms with Crippen LogP contribution < -0.4 is 5.32 Å². The van der Waals surface area contributed by atoms with E-state index >= 15 is 0 Å². The molecule has 3 rings (SSSR count). The number of hydrogen-bond donors (Lipinski definition) is 1. The third-order valence-electron chi connectivity index (χ3n) is 2.60. The highest BCUT2D eigenvalue weighted by molar-refractivity contribution is 5.42. The van der Waals surface area contributed by atoms with Crippen LogP contribution >= 0.6 is 0 Å². The number of nitrogens with one attached hydrogen (secondary N) is 1. The van der Waals surface area contributed by atoms with Gasteiger partial charge in [0.05, 0.1) is 6.26 Å². The fraction of sp³-hybridized carbons (Fsp3) is 0.400. The molecule has 0 aromatic carbocycles. The molecule has 2 aromatic rings. The monoisotopic (exact) mass is 205 g/mol. The maximum Gasteiger partial charge on any atom is 0.293 e. The van der Waals surface area contributed by atoms with Gasteiger partial charge in [0.2, 0.25) is 0 Å². The summed E-state index contributed by atoms with van der Waals surface area (Å²) in [5.41, 5.74) is 0. The van der Waals surface area contributed by atoms with E-state index in [0.717, 1.165) is 25.3 Å². The molecular formula is C10H11N3O2. The molecule has 1 aliphatic rings. The maximum atomic E-state index is 5.18. The van der Waals surface area contributed by atoms with E-state index in [0.29, 0.717) is 17.6 Å². The lowest BCUT2D eigenvalue weighted by molar-refractivity contribution is 0.405. The molecule has 1 unspecified atom stereocenters. The first kappa shape index (κ1) is 8.67. The minimum atomic E-state index is 0.373. The highest BCUT2D eigenvalue weighted by Crippen LogP contribution is 2.23. The van der Waals surface area contributed by atoms with Crippen molar-refractivity contribution < 1.29 is 8.94 Å². The second kappa shape index (κ2) is 3.51. The van der Waals surface area contributed by atoms with Crippen LogP contribution in [0.1, 0.15) is 18.2 Å². The van der Waals surface area contributed by atoms with Crippen LogP contribution in [0.25, 0.3) is 11.7 Å². The quantitative estimate of drug-likeness (QED) is 0.802. The van der Waals surface area contributed by atoms with Crippen molar-refractivity contribution in [2.45, 2.75) is 12.3 Å². The highest BCUT2D eigenvalue weighted by Gasteiger charge is 2.22. The molecule has 1 fully saturated rings. The van der Waals surface area contributed by atoms with Gasteiger partial charge in [0.1, 0.15) is 0 Å². The van der Waals surface area contributed by atoms with E-state index in [2.05, 4.69) is 15.5 Å². The lowest BCUT2D eigenvalue weighted by Crippen LogP contribution is -2.08. The standard InChI is InChI=1S/C10H11N3O2/c1-2-8(14-5-1)10-12-9(13-15-10)7-3-4-11-6-7/h1-2,5,7,11H,3-4,6H2. The summed E-state index contributed by atoms with van der Waals surface area (Å²) in [6.45, 7) is 1.95. The van der Waals surface area contributed by atoms with Crippen LogP contribution in [0, 0.1) is 0 Å². The Kier molecular flexibility index (Phi) is 2.03. The Morgan fingerprint density at radius 1 is 1.47 bits per heavy atom. The van der Waals surface area contributed by atoms with Gasteiger partial charge in [-0.1, -0.05) is 5.16 Å². The Morgan fingerprint density at radius 2 is 2.47 bits per heavy atom. The van der Waals surface area contributed by atoms with Gasteiger partial charge < -0.3 is 14.3 Å². The Labute approximate surface area is 86.5 Å². The summed E-state index contributed by atoms with van der Waals surface area (Å²) >= 11 is 0. The molecule has 1 atom stereocenters. The first-order valence-corrected chi connectivity index (χ1v) is 5.01. The molecule has 0 bridgehead atoms. The zero-order valence-corrected chi connectivity index (χ0v) is 8.14. The number of aromatic nitrogens is 2. The summed E-state index contributed by atoms with van der Waals surface area (Å²) in [6.07, 6.45) is 2.66. The van der Waals surface area contributed by atoms with E-state index in [1.54, 1.807) is 12.3 Å². The smallest absolute Gasteiger partial charge is 0.293 e. The summed E-state index contributed by atoms with van der Waals surface area (Å²) in [5, 5.41) is 7.24. The normalized spacial score (nSPS) is 20.9. The van der Waals surface area contributed by atoms with Crippen molar-refractivity contribution in [3.05, 3.63) is 24.2 Å². The Morgan fingerprint density at radius 3 is 3.20 bits per heavy atom. The van der Waals surface area contributed by atoms with Crippen LogP contribution in [0.4, 0.5) is 0 Å². The molecule has 78 valence electrons. The molecule has 15 heavy (non-hydrogen) atoms. The largest absolute Gasteiger partial charge is 0.459 e. The molecule has 2 aromatic heterocycles. The van der Waals surface area contributed by atoms with Crippen LogP contribution in [0.3, 0.4) is 0 Å². The second-order valence-electron chi connectivity index (χ2n) is 3.62. The van der Waals surface area contributed by atoms with Gasteiger partial charge in [0.25, 0.3) is 5.89 Å². The predicted molar refractivity (Wildman–Crippen MR) is 52.2 cm³/mol.